The highest BCUT2D eigenvalue weighted by molar-refractivity contribution is 7.71. The zero-order valence-electron chi connectivity index (χ0n) is 11.6. The maximum atomic E-state index is 5.44. The van der Waals surface area contributed by atoms with Crippen LogP contribution in [0.5, 0.6) is 0 Å². The van der Waals surface area contributed by atoms with Crippen molar-refractivity contribution in [2.75, 3.05) is 0 Å². The maximum Gasteiger partial charge on any atom is 0.203 e. The van der Waals surface area contributed by atoms with Crippen LogP contribution in [-0.4, -0.2) is 24.1 Å². The highest BCUT2D eigenvalue weighted by atomic mass is 32.1. The lowest BCUT2D eigenvalue weighted by atomic mass is 10.3. The van der Waals surface area contributed by atoms with E-state index in [4.69, 9.17) is 12.2 Å². The third kappa shape index (κ3) is 1.98. The zero-order valence-corrected chi connectivity index (χ0v) is 12.4. The standard InChI is InChI=1S/C14H15N5S/c1-10-9-13(18-11(2)16-17(3)14(18)20)19(15-10)12-7-5-4-6-8-12/h4-9H,1-3H3. The highest BCUT2D eigenvalue weighted by Crippen LogP contribution is 2.18. The van der Waals surface area contributed by atoms with Gasteiger partial charge in [0, 0.05) is 13.1 Å². The summed E-state index contributed by atoms with van der Waals surface area (Å²) in [5, 5.41) is 8.93. The van der Waals surface area contributed by atoms with Crippen LogP contribution in [0.1, 0.15) is 11.5 Å². The van der Waals surface area contributed by atoms with Crippen molar-refractivity contribution in [3.8, 4) is 11.5 Å². The number of aromatic nitrogens is 5. The molecule has 0 spiro atoms. The highest BCUT2D eigenvalue weighted by Gasteiger charge is 2.14. The van der Waals surface area contributed by atoms with Gasteiger partial charge < -0.3 is 0 Å². The Balaban J connectivity index is 2.28. The Hall–Kier alpha value is -2.21. The van der Waals surface area contributed by atoms with Crippen molar-refractivity contribution in [2.24, 2.45) is 7.05 Å². The Bertz CT molecular complexity index is 810. The largest absolute Gasteiger partial charge is 0.255 e. The van der Waals surface area contributed by atoms with Crippen molar-refractivity contribution >= 4 is 12.2 Å². The Labute approximate surface area is 122 Å². The summed E-state index contributed by atoms with van der Waals surface area (Å²) >= 11 is 5.44. The van der Waals surface area contributed by atoms with Gasteiger partial charge in [-0.3, -0.25) is 4.57 Å². The Morgan fingerprint density at radius 2 is 1.75 bits per heavy atom. The quantitative estimate of drug-likeness (QED) is 0.680. The van der Waals surface area contributed by atoms with Gasteiger partial charge in [0.2, 0.25) is 4.77 Å². The monoisotopic (exact) mass is 285 g/mol. The van der Waals surface area contributed by atoms with E-state index in [0.717, 1.165) is 23.0 Å². The van der Waals surface area contributed by atoms with E-state index in [1.807, 2.05) is 66.5 Å². The van der Waals surface area contributed by atoms with E-state index in [2.05, 4.69) is 10.2 Å². The molecule has 2 aromatic heterocycles. The SMILES string of the molecule is Cc1cc(-n2c(C)nn(C)c2=S)n(-c2ccccc2)n1. The Kier molecular flexibility index (Phi) is 3.02. The third-order valence-electron chi connectivity index (χ3n) is 3.13. The van der Waals surface area contributed by atoms with Crippen LogP contribution < -0.4 is 0 Å². The molecule has 5 nitrogen and oxygen atoms in total. The molecule has 2 heterocycles. The summed E-state index contributed by atoms with van der Waals surface area (Å²) in [7, 11) is 1.85. The summed E-state index contributed by atoms with van der Waals surface area (Å²) < 4.78 is 6.17. The number of hydrogen-bond acceptors (Lipinski definition) is 3. The molecule has 0 aliphatic rings. The summed E-state index contributed by atoms with van der Waals surface area (Å²) in [5.74, 6) is 1.75. The van der Waals surface area contributed by atoms with Crippen LogP contribution in [0.15, 0.2) is 36.4 Å². The number of nitrogens with zero attached hydrogens (tertiary/aromatic N) is 5. The molecule has 0 amide bonds. The van der Waals surface area contributed by atoms with Crippen molar-refractivity contribution in [3.63, 3.8) is 0 Å². The van der Waals surface area contributed by atoms with Gasteiger partial charge in [0.05, 0.1) is 11.4 Å². The first-order chi connectivity index (χ1) is 9.58. The van der Waals surface area contributed by atoms with E-state index >= 15 is 0 Å². The fourth-order valence-corrected chi connectivity index (χ4v) is 2.52. The Morgan fingerprint density at radius 3 is 2.35 bits per heavy atom. The number of benzene rings is 1. The fourth-order valence-electron chi connectivity index (χ4n) is 2.26. The molecule has 102 valence electrons. The van der Waals surface area contributed by atoms with Crippen molar-refractivity contribution in [2.45, 2.75) is 13.8 Å². The minimum absolute atomic E-state index is 0.652. The van der Waals surface area contributed by atoms with Crippen molar-refractivity contribution in [3.05, 3.63) is 52.7 Å². The summed E-state index contributed by atoms with van der Waals surface area (Å²) in [4.78, 5) is 0. The number of aryl methyl sites for hydroxylation is 3. The lowest BCUT2D eigenvalue weighted by Crippen LogP contribution is -2.07. The molecule has 1 aromatic carbocycles. The predicted octanol–water partition coefficient (Wildman–Crippen LogP) is 2.74. The molecular formula is C14H15N5S. The van der Waals surface area contributed by atoms with Crippen LogP contribution in [0.2, 0.25) is 0 Å². The lowest BCUT2D eigenvalue weighted by Gasteiger charge is -2.08. The second-order valence-corrected chi connectivity index (χ2v) is 5.05. The van der Waals surface area contributed by atoms with Gasteiger partial charge in [-0.25, -0.2) is 9.36 Å². The minimum Gasteiger partial charge on any atom is -0.255 e. The van der Waals surface area contributed by atoms with Crippen molar-refractivity contribution in [1.82, 2.24) is 24.1 Å². The summed E-state index contributed by atoms with van der Waals surface area (Å²) in [6, 6.07) is 12.0. The summed E-state index contributed by atoms with van der Waals surface area (Å²) in [5.41, 5.74) is 1.94. The number of hydrogen-bond donors (Lipinski definition) is 0. The second kappa shape index (κ2) is 4.72. The molecule has 0 aliphatic heterocycles. The van der Waals surface area contributed by atoms with Gasteiger partial charge in [0.1, 0.15) is 11.6 Å². The predicted molar refractivity (Wildman–Crippen MR) is 80.0 cm³/mol. The van der Waals surface area contributed by atoms with E-state index in [1.165, 1.54) is 0 Å². The van der Waals surface area contributed by atoms with Crippen LogP contribution in [0.3, 0.4) is 0 Å². The van der Waals surface area contributed by atoms with Gasteiger partial charge >= 0.3 is 0 Å². The fraction of sp³-hybridized carbons (Fsp3) is 0.214. The first kappa shape index (κ1) is 12.8. The summed E-state index contributed by atoms with van der Waals surface area (Å²) in [6.07, 6.45) is 0. The molecule has 0 unspecified atom stereocenters. The van der Waals surface area contributed by atoms with E-state index in [1.54, 1.807) is 4.68 Å². The van der Waals surface area contributed by atoms with Gasteiger partial charge in [0.25, 0.3) is 0 Å². The summed E-state index contributed by atoms with van der Waals surface area (Å²) in [6.45, 7) is 3.91. The van der Waals surface area contributed by atoms with Crippen LogP contribution in [-0.2, 0) is 7.05 Å². The molecule has 0 fully saturated rings. The lowest BCUT2D eigenvalue weighted by molar-refractivity contribution is 0.740. The van der Waals surface area contributed by atoms with Crippen LogP contribution in [0, 0.1) is 18.6 Å². The number of para-hydroxylation sites is 1. The molecule has 20 heavy (non-hydrogen) atoms. The molecule has 0 atom stereocenters. The topological polar surface area (TPSA) is 40.6 Å². The van der Waals surface area contributed by atoms with Crippen molar-refractivity contribution in [1.29, 1.82) is 0 Å². The van der Waals surface area contributed by atoms with E-state index in [-0.39, 0.29) is 0 Å². The molecule has 0 aliphatic carbocycles. The molecule has 0 N–H and O–H groups in total. The maximum absolute atomic E-state index is 5.44. The minimum atomic E-state index is 0.652. The van der Waals surface area contributed by atoms with Crippen molar-refractivity contribution < 1.29 is 0 Å². The molecule has 0 bridgehead atoms. The van der Waals surface area contributed by atoms with E-state index in [9.17, 15) is 0 Å². The average molecular weight is 285 g/mol. The molecule has 3 rings (SSSR count). The molecule has 0 radical (unpaired) electrons. The van der Waals surface area contributed by atoms with Crippen LogP contribution in [0.25, 0.3) is 11.5 Å². The number of rotatable bonds is 2. The first-order valence-electron chi connectivity index (χ1n) is 6.33. The first-order valence-corrected chi connectivity index (χ1v) is 6.74. The van der Waals surface area contributed by atoms with E-state index < -0.39 is 0 Å². The second-order valence-electron chi connectivity index (χ2n) is 4.68. The molecule has 3 aromatic rings. The van der Waals surface area contributed by atoms with Crippen LogP contribution in [0.4, 0.5) is 0 Å². The average Bonchev–Trinajstić information content (AvgIpc) is 2.92. The van der Waals surface area contributed by atoms with Gasteiger partial charge in [-0.05, 0) is 38.2 Å². The normalized spacial score (nSPS) is 10.9. The Morgan fingerprint density at radius 1 is 1.05 bits per heavy atom. The molecular weight excluding hydrogens is 270 g/mol. The van der Waals surface area contributed by atoms with E-state index in [0.29, 0.717) is 4.77 Å². The van der Waals surface area contributed by atoms with Crippen LogP contribution >= 0.6 is 12.2 Å². The van der Waals surface area contributed by atoms with Gasteiger partial charge in [-0.1, -0.05) is 18.2 Å². The molecule has 6 heteroatoms. The zero-order chi connectivity index (χ0) is 14.3. The molecule has 0 saturated carbocycles. The van der Waals surface area contributed by atoms with Gasteiger partial charge in [-0.15, -0.1) is 0 Å². The third-order valence-corrected chi connectivity index (χ3v) is 3.58. The van der Waals surface area contributed by atoms with Gasteiger partial charge in [0.15, 0.2) is 0 Å². The molecule has 0 saturated heterocycles. The smallest absolute Gasteiger partial charge is 0.203 e. The van der Waals surface area contributed by atoms with Gasteiger partial charge in [-0.2, -0.15) is 10.2 Å².